The summed E-state index contributed by atoms with van der Waals surface area (Å²) >= 11 is 0. The first-order valence-corrected chi connectivity index (χ1v) is 9.92. The first kappa shape index (κ1) is 20.5. The minimum atomic E-state index is -3.72. The van der Waals surface area contributed by atoms with Crippen LogP contribution in [0, 0.1) is 20.8 Å². The van der Waals surface area contributed by atoms with E-state index in [9.17, 15) is 13.2 Å². The molecule has 0 aliphatic carbocycles. The molecule has 2 aromatic rings. The average Bonchev–Trinajstić information content (AvgIpc) is 2.61. The van der Waals surface area contributed by atoms with Crippen LogP contribution in [-0.2, 0) is 14.8 Å². The van der Waals surface area contributed by atoms with E-state index in [0.717, 1.165) is 11.1 Å². The zero-order valence-electron chi connectivity index (χ0n) is 15.7. The van der Waals surface area contributed by atoms with Crippen LogP contribution in [0.4, 0.5) is 5.69 Å². The van der Waals surface area contributed by atoms with E-state index in [-0.39, 0.29) is 17.4 Å². The maximum atomic E-state index is 12.6. The summed E-state index contributed by atoms with van der Waals surface area (Å²) < 4.78 is 33.3. The molecule has 1 amide bonds. The molecule has 0 aromatic heterocycles. The van der Waals surface area contributed by atoms with Crippen LogP contribution in [0.25, 0.3) is 0 Å². The van der Waals surface area contributed by atoms with Gasteiger partial charge in [-0.1, -0.05) is 12.1 Å². The van der Waals surface area contributed by atoms with Crippen molar-refractivity contribution < 1.29 is 17.9 Å². The summed E-state index contributed by atoms with van der Waals surface area (Å²) in [5, 5.41) is 2.61. The summed E-state index contributed by atoms with van der Waals surface area (Å²) in [5.41, 5.74) is 3.22. The third-order valence-corrected chi connectivity index (χ3v) is 5.40. The average molecular weight is 388 g/mol. The van der Waals surface area contributed by atoms with Gasteiger partial charge in [-0.2, -0.15) is 0 Å². The highest BCUT2D eigenvalue weighted by Gasteiger charge is 2.16. The Morgan fingerprint density at radius 2 is 1.81 bits per heavy atom. The largest absolute Gasteiger partial charge is 0.484 e. The lowest BCUT2D eigenvalue weighted by molar-refractivity contribution is -0.122. The Kier molecular flexibility index (Phi) is 6.63. The fourth-order valence-corrected chi connectivity index (χ4v) is 3.48. The van der Waals surface area contributed by atoms with Gasteiger partial charge in [0.05, 0.1) is 4.90 Å². The van der Waals surface area contributed by atoms with Gasteiger partial charge in [-0.05, 0) is 67.8 Å². The number of aryl methyl sites for hydroxylation is 3. The zero-order chi connectivity index (χ0) is 20.0. The normalized spacial score (nSPS) is 10.9. The van der Waals surface area contributed by atoms with Crippen molar-refractivity contribution >= 4 is 21.6 Å². The molecule has 2 N–H and O–H groups in total. The quantitative estimate of drug-likeness (QED) is 0.681. The summed E-state index contributed by atoms with van der Waals surface area (Å²) in [6.07, 6.45) is 1.57. The monoisotopic (exact) mass is 388 g/mol. The highest BCUT2D eigenvalue weighted by molar-refractivity contribution is 7.92. The molecule has 2 aromatic carbocycles. The SMILES string of the molecule is C=CCNC(=O)COc1ccc(S(=O)(=O)Nc2ccc(C)c(C)c2)cc1C. The van der Waals surface area contributed by atoms with Crippen molar-refractivity contribution in [3.05, 3.63) is 65.7 Å². The number of carbonyl (C=O) groups excluding carboxylic acids is 1. The highest BCUT2D eigenvalue weighted by Crippen LogP contribution is 2.24. The van der Waals surface area contributed by atoms with Gasteiger partial charge in [-0.15, -0.1) is 6.58 Å². The number of carbonyl (C=O) groups is 1. The molecule has 0 aliphatic rings. The van der Waals surface area contributed by atoms with E-state index in [1.165, 1.54) is 12.1 Å². The molecule has 0 radical (unpaired) electrons. The molecule has 0 atom stereocenters. The van der Waals surface area contributed by atoms with Gasteiger partial charge < -0.3 is 10.1 Å². The predicted molar refractivity (Wildman–Crippen MR) is 107 cm³/mol. The van der Waals surface area contributed by atoms with Crippen LogP contribution in [0.2, 0.25) is 0 Å². The molecule has 0 fully saturated rings. The molecule has 0 saturated heterocycles. The van der Waals surface area contributed by atoms with Crippen LogP contribution in [0.5, 0.6) is 5.75 Å². The lowest BCUT2D eigenvalue weighted by Crippen LogP contribution is -2.28. The van der Waals surface area contributed by atoms with Crippen LogP contribution >= 0.6 is 0 Å². The van der Waals surface area contributed by atoms with Gasteiger partial charge in [-0.3, -0.25) is 9.52 Å². The van der Waals surface area contributed by atoms with Crippen molar-refractivity contribution in [3.8, 4) is 5.75 Å². The number of hydrogen-bond donors (Lipinski definition) is 2. The van der Waals surface area contributed by atoms with Gasteiger partial charge in [0.1, 0.15) is 5.75 Å². The zero-order valence-corrected chi connectivity index (χ0v) is 16.5. The molecule has 6 nitrogen and oxygen atoms in total. The van der Waals surface area contributed by atoms with Crippen molar-refractivity contribution in [2.75, 3.05) is 17.9 Å². The Morgan fingerprint density at radius 3 is 2.44 bits per heavy atom. The molecule has 144 valence electrons. The summed E-state index contributed by atoms with van der Waals surface area (Å²) in [7, 11) is -3.72. The Labute approximate surface area is 160 Å². The summed E-state index contributed by atoms with van der Waals surface area (Å²) in [6, 6.07) is 9.90. The highest BCUT2D eigenvalue weighted by atomic mass is 32.2. The fourth-order valence-electron chi connectivity index (χ4n) is 2.35. The number of anilines is 1. The molecule has 2 rings (SSSR count). The molecular formula is C20H24N2O4S. The minimum Gasteiger partial charge on any atom is -0.484 e. The summed E-state index contributed by atoms with van der Waals surface area (Å²) in [4.78, 5) is 11.7. The van der Waals surface area contributed by atoms with Gasteiger partial charge in [0.25, 0.3) is 15.9 Å². The second-order valence-corrected chi connectivity index (χ2v) is 7.90. The summed E-state index contributed by atoms with van der Waals surface area (Å²) in [5.74, 6) is 0.177. The fraction of sp³-hybridized carbons (Fsp3) is 0.250. The molecule has 0 aliphatic heterocycles. The van der Waals surface area contributed by atoms with E-state index >= 15 is 0 Å². The minimum absolute atomic E-state index is 0.127. The van der Waals surface area contributed by atoms with E-state index in [1.807, 2.05) is 19.9 Å². The molecule has 0 heterocycles. The Bertz CT molecular complexity index is 952. The molecule has 0 spiro atoms. The lowest BCUT2D eigenvalue weighted by atomic mass is 10.1. The van der Waals surface area contributed by atoms with Gasteiger partial charge in [0.15, 0.2) is 6.61 Å². The molecule has 0 saturated carbocycles. The number of rotatable bonds is 8. The number of nitrogens with one attached hydrogen (secondary N) is 2. The third-order valence-electron chi connectivity index (χ3n) is 4.02. The molecular weight excluding hydrogens is 364 g/mol. The van der Waals surface area contributed by atoms with E-state index in [1.54, 1.807) is 31.2 Å². The number of amides is 1. The molecule has 0 bridgehead atoms. The maximum absolute atomic E-state index is 12.6. The maximum Gasteiger partial charge on any atom is 0.261 e. The van der Waals surface area contributed by atoms with Crippen molar-refractivity contribution in [2.45, 2.75) is 25.7 Å². The lowest BCUT2D eigenvalue weighted by Gasteiger charge is -2.13. The first-order chi connectivity index (χ1) is 12.7. The molecule has 7 heteroatoms. The second-order valence-electron chi connectivity index (χ2n) is 6.21. The van der Waals surface area contributed by atoms with Crippen molar-refractivity contribution in [1.82, 2.24) is 5.32 Å². The van der Waals surface area contributed by atoms with Crippen LogP contribution in [0.15, 0.2) is 53.9 Å². The van der Waals surface area contributed by atoms with E-state index < -0.39 is 10.0 Å². The number of sulfonamides is 1. The predicted octanol–water partition coefficient (Wildman–Crippen LogP) is 3.09. The first-order valence-electron chi connectivity index (χ1n) is 8.44. The van der Waals surface area contributed by atoms with E-state index in [4.69, 9.17) is 4.74 Å². The van der Waals surface area contributed by atoms with Gasteiger partial charge in [0.2, 0.25) is 0 Å². The van der Waals surface area contributed by atoms with Gasteiger partial charge >= 0.3 is 0 Å². The van der Waals surface area contributed by atoms with Crippen LogP contribution in [0.1, 0.15) is 16.7 Å². The van der Waals surface area contributed by atoms with Crippen LogP contribution in [0.3, 0.4) is 0 Å². The van der Waals surface area contributed by atoms with E-state index in [2.05, 4.69) is 16.6 Å². The second kappa shape index (κ2) is 8.73. The Hall–Kier alpha value is -2.80. The summed E-state index contributed by atoms with van der Waals surface area (Å²) in [6.45, 7) is 9.35. The van der Waals surface area contributed by atoms with Gasteiger partial charge in [-0.25, -0.2) is 8.42 Å². The smallest absolute Gasteiger partial charge is 0.261 e. The Morgan fingerprint density at radius 1 is 1.07 bits per heavy atom. The van der Waals surface area contributed by atoms with Crippen molar-refractivity contribution in [1.29, 1.82) is 0 Å². The number of ether oxygens (including phenoxy) is 1. The van der Waals surface area contributed by atoms with Gasteiger partial charge in [0, 0.05) is 12.2 Å². The van der Waals surface area contributed by atoms with Crippen LogP contribution in [-0.4, -0.2) is 27.5 Å². The third kappa shape index (κ3) is 5.59. The van der Waals surface area contributed by atoms with Crippen LogP contribution < -0.4 is 14.8 Å². The van der Waals surface area contributed by atoms with Crippen molar-refractivity contribution in [2.24, 2.45) is 0 Å². The Balaban J connectivity index is 2.11. The molecule has 0 unspecified atom stereocenters. The standard InChI is InChI=1S/C20H24N2O4S/c1-5-10-21-20(23)13-26-19-9-8-18(12-16(19)4)27(24,25)22-17-7-6-14(2)15(3)11-17/h5-9,11-12,22H,1,10,13H2,2-4H3,(H,21,23). The topological polar surface area (TPSA) is 84.5 Å². The number of hydrogen-bond acceptors (Lipinski definition) is 4. The van der Waals surface area contributed by atoms with E-state index in [0.29, 0.717) is 23.5 Å². The number of benzene rings is 2. The molecule has 27 heavy (non-hydrogen) atoms. The van der Waals surface area contributed by atoms with Crippen molar-refractivity contribution in [3.63, 3.8) is 0 Å².